The van der Waals surface area contributed by atoms with Gasteiger partial charge < -0.3 is 25.2 Å². The van der Waals surface area contributed by atoms with Gasteiger partial charge in [0.05, 0.1) is 12.2 Å². The molecule has 0 bridgehead atoms. The van der Waals surface area contributed by atoms with Crippen LogP contribution in [0.4, 0.5) is 5.69 Å². The van der Waals surface area contributed by atoms with Crippen LogP contribution in [-0.2, 0) is 16.0 Å². The first-order chi connectivity index (χ1) is 21.8. The third-order valence-electron chi connectivity index (χ3n) is 7.92. The molecule has 1 aliphatic rings. The Morgan fingerprint density at radius 1 is 0.800 bits per heavy atom. The molecule has 0 aromatic heterocycles. The molecule has 9 heteroatoms. The van der Waals surface area contributed by atoms with E-state index in [-0.39, 0.29) is 23.8 Å². The van der Waals surface area contributed by atoms with Gasteiger partial charge in [-0.25, -0.2) is 9.59 Å². The summed E-state index contributed by atoms with van der Waals surface area (Å²) in [4.78, 5) is 49.7. The van der Waals surface area contributed by atoms with Crippen molar-refractivity contribution in [3.63, 3.8) is 0 Å². The second kappa shape index (κ2) is 17.0. The smallest absolute Gasteiger partial charge is 0.343 e. The number of carbonyl (C=O) groups excluding carboxylic acids is 3. The number of aliphatic carboxylic acids is 1. The highest BCUT2D eigenvalue weighted by Gasteiger charge is 2.24. The molecule has 238 valence electrons. The van der Waals surface area contributed by atoms with E-state index in [1.165, 1.54) is 19.3 Å². The van der Waals surface area contributed by atoms with E-state index >= 15 is 0 Å². The molecule has 0 spiro atoms. The monoisotopic (exact) mass is 614 g/mol. The van der Waals surface area contributed by atoms with Crippen molar-refractivity contribution < 1.29 is 33.8 Å². The topological polar surface area (TPSA) is 131 Å². The van der Waals surface area contributed by atoms with Gasteiger partial charge in [-0.3, -0.25) is 9.59 Å². The van der Waals surface area contributed by atoms with Gasteiger partial charge >= 0.3 is 11.9 Å². The van der Waals surface area contributed by atoms with Crippen molar-refractivity contribution in [2.24, 2.45) is 5.92 Å². The molecule has 0 saturated heterocycles. The average Bonchev–Trinajstić information content (AvgIpc) is 3.59. The third kappa shape index (κ3) is 10.5. The first-order valence-electron chi connectivity index (χ1n) is 15.8. The number of amides is 2. The zero-order chi connectivity index (χ0) is 32.0. The molecule has 3 aromatic carbocycles. The SMILES string of the molecule is CCCCCCCOc1ccc(C(=O)Oc2ccc(C[C@@H](NC(=O)c3ccc(NC(=O)C4CCCC4)cc3)C(=O)O)cc2)cc1. The normalized spacial score (nSPS) is 13.5. The van der Waals surface area contributed by atoms with Gasteiger partial charge in [0.15, 0.2) is 0 Å². The fourth-order valence-corrected chi connectivity index (χ4v) is 5.26. The Balaban J connectivity index is 1.24. The summed E-state index contributed by atoms with van der Waals surface area (Å²) in [5, 5.41) is 15.2. The van der Waals surface area contributed by atoms with Gasteiger partial charge in [-0.1, -0.05) is 57.6 Å². The predicted molar refractivity (Wildman–Crippen MR) is 172 cm³/mol. The van der Waals surface area contributed by atoms with Crippen LogP contribution < -0.4 is 20.1 Å². The van der Waals surface area contributed by atoms with Crippen molar-refractivity contribution in [2.75, 3.05) is 11.9 Å². The number of rotatable bonds is 16. The van der Waals surface area contributed by atoms with E-state index in [9.17, 15) is 24.3 Å². The number of hydrogen-bond donors (Lipinski definition) is 3. The van der Waals surface area contributed by atoms with Crippen molar-refractivity contribution in [1.29, 1.82) is 0 Å². The summed E-state index contributed by atoms with van der Waals surface area (Å²) in [6, 6.07) is 18.5. The van der Waals surface area contributed by atoms with Gasteiger partial charge in [0, 0.05) is 23.6 Å². The van der Waals surface area contributed by atoms with Crippen LogP contribution >= 0.6 is 0 Å². The zero-order valence-electron chi connectivity index (χ0n) is 25.8. The molecular weight excluding hydrogens is 572 g/mol. The second-order valence-electron chi connectivity index (χ2n) is 11.4. The lowest BCUT2D eigenvalue weighted by Crippen LogP contribution is -2.42. The minimum Gasteiger partial charge on any atom is -0.494 e. The molecule has 1 atom stereocenters. The summed E-state index contributed by atoms with van der Waals surface area (Å²) in [5.41, 5.74) is 1.90. The number of hydrogen-bond acceptors (Lipinski definition) is 6. The molecule has 1 fully saturated rings. The summed E-state index contributed by atoms with van der Waals surface area (Å²) >= 11 is 0. The molecule has 1 aliphatic carbocycles. The quantitative estimate of drug-likeness (QED) is 0.0918. The Bertz CT molecular complexity index is 1410. The minimum absolute atomic E-state index is 0.0146. The molecule has 0 unspecified atom stereocenters. The fourth-order valence-electron chi connectivity index (χ4n) is 5.26. The van der Waals surface area contributed by atoms with Crippen LogP contribution in [0.3, 0.4) is 0 Å². The molecule has 45 heavy (non-hydrogen) atoms. The summed E-state index contributed by atoms with van der Waals surface area (Å²) in [7, 11) is 0. The summed E-state index contributed by atoms with van der Waals surface area (Å²) in [6.45, 7) is 2.82. The number of anilines is 1. The molecule has 4 rings (SSSR count). The lowest BCUT2D eigenvalue weighted by molar-refractivity contribution is -0.139. The maximum Gasteiger partial charge on any atom is 0.343 e. The molecular formula is C36H42N2O7. The molecule has 0 heterocycles. The predicted octanol–water partition coefficient (Wildman–Crippen LogP) is 6.81. The van der Waals surface area contributed by atoms with Gasteiger partial charge in [0.1, 0.15) is 17.5 Å². The Morgan fingerprint density at radius 2 is 1.42 bits per heavy atom. The summed E-state index contributed by atoms with van der Waals surface area (Å²) < 4.78 is 11.2. The van der Waals surface area contributed by atoms with E-state index in [0.717, 1.165) is 38.5 Å². The number of benzene rings is 3. The Hall–Kier alpha value is -4.66. The first-order valence-corrected chi connectivity index (χ1v) is 15.8. The zero-order valence-corrected chi connectivity index (χ0v) is 25.8. The van der Waals surface area contributed by atoms with Crippen molar-refractivity contribution >= 4 is 29.4 Å². The molecule has 3 N–H and O–H groups in total. The maximum absolute atomic E-state index is 12.8. The molecule has 2 amide bonds. The highest BCUT2D eigenvalue weighted by atomic mass is 16.5. The van der Waals surface area contributed by atoms with Crippen molar-refractivity contribution in [2.45, 2.75) is 77.2 Å². The molecule has 9 nitrogen and oxygen atoms in total. The Morgan fingerprint density at radius 3 is 2.07 bits per heavy atom. The number of carboxylic acid groups (broad SMARTS) is 1. The Labute approximate surface area is 264 Å². The minimum atomic E-state index is -1.18. The molecule has 3 aromatic rings. The van der Waals surface area contributed by atoms with Gasteiger partial charge in [0.2, 0.25) is 5.91 Å². The number of nitrogens with one attached hydrogen (secondary N) is 2. The third-order valence-corrected chi connectivity index (χ3v) is 7.92. The van der Waals surface area contributed by atoms with Gasteiger partial charge in [-0.2, -0.15) is 0 Å². The standard InChI is InChI=1S/C36H42N2O7/c1-2-3-4-5-8-23-44-30-21-15-28(16-22-30)36(43)45-31-19-11-25(12-20-31)24-32(35(41)42)38-34(40)27-13-17-29(18-14-27)37-33(39)26-9-6-7-10-26/h11-22,26,32H,2-10,23-24H2,1H3,(H,37,39)(H,38,40)(H,41,42)/t32-/m1/s1. The van der Waals surface area contributed by atoms with Crippen molar-refractivity contribution in [3.05, 3.63) is 89.5 Å². The van der Waals surface area contributed by atoms with Gasteiger partial charge in [0.25, 0.3) is 5.91 Å². The van der Waals surface area contributed by atoms with E-state index < -0.39 is 23.9 Å². The maximum atomic E-state index is 12.8. The van der Waals surface area contributed by atoms with Crippen LogP contribution in [0.15, 0.2) is 72.8 Å². The lowest BCUT2D eigenvalue weighted by atomic mass is 10.0. The van der Waals surface area contributed by atoms with Crippen LogP contribution in [-0.4, -0.2) is 41.5 Å². The van der Waals surface area contributed by atoms with Gasteiger partial charge in [-0.15, -0.1) is 0 Å². The van der Waals surface area contributed by atoms with E-state index in [4.69, 9.17) is 9.47 Å². The Kier molecular flexibility index (Phi) is 12.5. The van der Waals surface area contributed by atoms with Crippen molar-refractivity contribution in [3.8, 4) is 11.5 Å². The second-order valence-corrected chi connectivity index (χ2v) is 11.4. The average molecular weight is 615 g/mol. The fraction of sp³-hybridized carbons (Fsp3) is 0.389. The van der Waals surface area contributed by atoms with E-state index in [1.54, 1.807) is 72.8 Å². The largest absolute Gasteiger partial charge is 0.494 e. The first kappa shape index (κ1) is 33.2. The van der Waals surface area contributed by atoms with Gasteiger partial charge in [-0.05, 0) is 85.5 Å². The van der Waals surface area contributed by atoms with E-state index in [2.05, 4.69) is 17.6 Å². The summed E-state index contributed by atoms with van der Waals surface area (Å²) in [6.07, 6.45) is 9.72. The lowest BCUT2D eigenvalue weighted by Gasteiger charge is -2.15. The number of carbonyl (C=O) groups is 4. The van der Waals surface area contributed by atoms with E-state index in [1.807, 2.05) is 0 Å². The van der Waals surface area contributed by atoms with Crippen LogP contribution in [0.1, 0.15) is 91.0 Å². The molecule has 0 radical (unpaired) electrons. The molecule has 0 aliphatic heterocycles. The van der Waals surface area contributed by atoms with Crippen LogP contribution in [0.5, 0.6) is 11.5 Å². The number of esters is 1. The number of unbranched alkanes of at least 4 members (excludes halogenated alkanes) is 4. The number of ether oxygens (including phenoxy) is 2. The highest BCUT2D eigenvalue weighted by molar-refractivity contribution is 5.98. The van der Waals surface area contributed by atoms with Crippen LogP contribution in [0, 0.1) is 5.92 Å². The van der Waals surface area contributed by atoms with Crippen LogP contribution in [0.25, 0.3) is 0 Å². The highest BCUT2D eigenvalue weighted by Crippen LogP contribution is 2.26. The number of carboxylic acids is 1. The van der Waals surface area contributed by atoms with Crippen molar-refractivity contribution in [1.82, 2.24) is 5.32 Å². The molecule has 1 saturated carbocycles. The van der Waals surface area contributed by atoms with E-state index in [0.29, 0.717) is 34.9 Å². The van der Waals surface area contributed by atoms with Crippen LogP contribution in [0.2, 0.25) is 0 Å². The summed E-state index contributed by atoms with van der Waals surface area (Å²) in [5.74, 6) is -1.21.